The van der Waals surface area contributed by atoms with Crippen molar-refractivity contribution < 1.29 is 9.00 Å². The van der Waals surface area contributed by atoms with E-state index in [1.807, 2.05) is 18.2 Å². The van der Waals surface area contributed by atoms with Gasteiger partial charge in [-0.3, -0.25) is 9.00 Å². The minimum atomic E-state index is -1.22. The maximum absolute atomic E-state index is 11.6. The lowest BCUT2D eigenvalue weighted by Crippen LogP contribution is -2.07. The first-order valence-electron chi connectivity index (χ1n) is 4.33. The summed E-state index contributed by atoms with van der Waals surface area (Å²) in [6.45, 7) is 1.77. The molecule has 0 radical (unpaired) electrons. The van der Waals surface area contributed by atoms with E-state index in [1.165, 1.54) is 6.08 Å². The first kappa shape index (κ1) is 10.9. The van der Waals surface area contributed by atoms with Crippen LogP contribution < -0.4 is 0 Å². The van der Waals surface area contributed by atoms with Crippen LogP contribution in [-0.4, -0.2) is 15.7 Å². The zero-order chi connectivity index (χ0) is 10.4. The second kappa shape index (κ2) is 5.50. The first-order chi connectivity index (χ1) is 6.74. The van der Waals surface area contributed by atoms with Gasteiger partial charge in [-0.2, -0.15) is 0 Å². The molecule has 0 spiro atoms. The molecule has 0 aliphatic heterocycles. The summed E-state index contributed by atoms with van der Waals surface area (Å²) in [7, 11) is -1.22. The van der Waals surface area contributed by atoms with Crippen LogP contribution in [0.2, 0.25) is 0 Å². The standard InChI is InChI=1S/C11H12O2S/c1-2-6-10(12)9-14(13)11-7-4-3-5-8-11/h2-8H,9H2,1H3/b6-2+/t14-/m1/s1. The minimum absolute atomic E-state index is 0.0638. The summed E-state index contributed by atoms with van der Waals surface area (Å²) in [5, 5.41) is 0. The van der Waals surface area contributed by atoms with E-state index >= 15 is 0 Å². The minimum Gasteiger partial charge on any atom is -0.294 e. The number of hydrogen-bond acceptors (Lipinski definition) is 2. The monoisotopic (exact) mass is 208 g/mol. The Morgan fingerprint density at radius 3 is 2.57 bits per heavy atom. The smallest absolute Gasteiger partial charge is 0.168 e. The molecule has 1 rings (SSSR count). The number of rotatable bonds is 4. The lowest BCUT2D eigenvalue weighted by atomic mass is 10.4. The van der Waals surface area contributed by atoms with Gasteiger partial charge in [-0.15, -0.1) is 0 Å². The van der Waals surface area contributed by atoms with Crippen LogP contribution in [-0.2, 0) is 15.6 Å². The summed E-state index contributed by atoms with van der Waals surface area (Å²) >= 11 is 0. The van der Waals surface area contributed by atoms with Crippen molar-refractivity contribution in [1.82, 2.24) is 0 Å². The van der Waals surface area contributed by atoms with Crippen molar-refractivity contribution in [3.8, 4) is 0 Å². The lowest BCUT2D eigenvalue weighted by molar-refractivity contribution is -0.112. The van der Waals surface area contributed by atoms with E-state index in [4.69, 9.17) is 0 Å². The highest BCUT2D eigenvalue weighted by atomic mass is 32.2. The number of ketones is 1. The molecule has 0 N–H and O–H groups in total. The third kappa shape index (κ3) is 3.26. The second-order valence-corrected chi connectivity index (χ2v) is 4.22. The number of allylic oxidation sites excluding steroid dienone is 2. The Morgan fingerprint density at radius 1 is 1.36 bits per heavy atom. The fourth-order valence-electron chi connectivity index (χ4n) is 1.02. The van der Waals surface area contributed by atoms with E-state index in [1.54, 1.807) is 25.1 Å². The summed E-state index contributed by atoms with van der Waals surface area (Å²) in [4.78, 5) is 11.8. The van der Waals surface area contributed by atoms with Crippen LogP contribution in [0.4, 0.5) is 0 Å². The molecule has 0 aromatic heterocycles. The van der Waals surface area contributed by atoms with Crippen molar-refractivity contribution in [3.63, 3.8) is 0 Å². The topological polar surface area (TPSA) is 34.1 Å². The van der Waals surface area contributed by atoms with Crippen LogP contribution in [0.5, 0.6) is 0 Å². The molecule has 0 unspecified atom stereocenters. The van der Waals surface area contributed by atoms with E-state index in [0.29, 0.717) is 4.90 Å². The maximum Gasteiger partial charge on any atom is 0.168 e. The quantitative estimate of drug-likeness (QED) is 0.709. The predicted molar refractivity (Wildman–Crippen MR) is 57.5 cm³/mol. The number of benzene rings is 1. The van der Waals surface area contributed by atoms with Gasteiger partial charge < -0.3 is 0 Å². The van der Waals surface area contributed by atoms with E-state index in [0.717, 1.165) is 0 Å². The molecule has 0 heterocycles. The highest BCUT2D eigenvalue weighted by Crippen LogP contribution is 2.05. The molecule has 0 bridgehead atoms. The Bertz CT molecular complexity index is 355. The Balaban J connectivity index is 2.64. The first-order valence-corrected chi connectivity index (χ1v) is 5.65. The predicted octanol–water partition coefficient (Wildman–Crippen LogP) is 1.94. The normalized spacial score (nSPS) is 12.9. The third-order valence-electron chi connectivity index (χ3n) is 1.63. The molecule has 2 nitrogen and oxygen atoms in total. The average Bonchev–Trinajstić information content (AvgIpc) is 2.19. The third-order valence-corrected chi connectivity index (χ3v) is 2.98. The van der Waals surface area contributed by atoms with Crippen molar-refractivity contribution in [2.75, 3.05) is 5.75 Å². The van der Waals surface area contributed by atoms with Gasteiger partial charge in [0.05, 0.1) is 16.6 Å². The van der Waals surface area contributed by atoms with Gasteiger partial charge in [0.2, 0.25) is 0 Å². The molecule has 14 heavy (non-hydrogen) atoms. The van der Waals surface area contributed by atoms with Crippen molar-refractivity contribution in [2.24, 2.45) is 0 Å². The van der Waals surface area contributed by atoms with E-state index in [-0.39, 0.29) is 11.5 Å². The molecule has 0 saturated heterocycles. The Kier molecular flexibility index (Phi) is 4.26. The van der Waals surface area contributed by atoms with Gasteiger partial charge >= 0.3 is 0 Å². The summed E-state index contributed by atoms with van der Waals surface area (Å²) < 4.78 is 11.6. The lowest BCUT2D eigenvalue weighted by Gasteiger charge is -1.98. The van der Waals surface area contributed by atoms with Crippen molar-refractivity contribution in [2.45, 2.75) is 11.8 Å². The number of hydrogen-bond donors (Lipinski definition) is 0. The van der Waals surface area contributed by atoms with Gasteiger partial charge in [0, 0.05) is 4.90 Å². The Hall–Kier alpha value is -1.22. The molecule has 1 aromatic carbocycles. The fraction of sp³-hybridized carbons (Fsp3) is 0.182. The van der Waals surface area contributed by atoms with Gasteiger partial charge in [-0.1, -0.05) is 24.3 Å². The van der Waals surface area contributed by atoms with Gasteiger partial charge in [0.25, 0.3) is 0 Å². The fourth-order valence-corrected chi connectivity index (χ4v) is 2.00. The van der Waals surface area contributed by atoms with Crippen LogP contribution in [0.1, 0.15) is 6.92 Å². The maximum atomic E-state index is 11.6. The average molecular weight is 208 g/mol. The molecule has 3 heteroatoms. The van der Waals surface area contributed by atoms with Gasteiger partial charge in [-0.25, -0.2) is 0 Å². The van der Waals surface area contributed by atoms with E-state index in [9.17, 15) is 9.00 Å². The van der Waals surface area contributed by atoms with Crippen LogP contribution in [0.15, 0.2) is 47.4 Å². The molecular formula is C11H12O2S. The summed E-state index contributed by atoms with van der Waals surface area (Å²) in [5.41, 5.74) is 0. The molecule has 0 aliphatic rings. The molecule has 0 fully saturated rings. The summed E-state index contributed by atoms with van der Waals surface area (Å²) in [5.74, 6) is -0.0383. The van der Waals surface area contributed by atoms with Gasteiger partial charge in [0.15, 0.2) is 5.78 Å². The zero-order valence-corrected chi connectivity index (χ0v) is 8.79. The number of carbonyl (C=O) groups is 1. The largest absolute Gasteiger partial charge is 0.294 e. The molecule has 0 aliphatic carbocycles. The SMILES string of the molecule is C/C=C/C(=O)C[S@@](=O)c1ccccc1. The Labute approximate surface area is 86.1 Å². The summed E-state index contributed by atoms with van der Waals surface area (Å²) in [6, 6.07) is 9.01. The molecule has 1 atom stereocenters. The molecule has 74 valence electrons. The molecular weight excluding hydrogens is 196 g/mol. The molecule has 0 amide bonds. The highest BCUT2D eigenvalue weighted by molar-refractivity contribution is 7.85. The van der Waals surface area contributed by atoms with Crippen molar-refractivity contribution in [1.29, 1.82) is 0 Å². The van der Waals surface area contributed by atoms with Crippen molar-refractivity contribution in [3.05, 3.63) is 42.5 Å². The van der Waals surface area contributed by atoms with Crippen LogP contribution in [0.3, 0.4) is 0 Å². The highest BCUT2D eigenvalue weighted by Gasteiger charge is 2.06. The summed E-state index contributed by atoms with van der Waals surface area (Å²) in [6.07, 6.45) is 3.10. The Morgan fingerprint density at radius 2 is 2.00 bits per heavy atom. The van der Waals surface area contributed by atoms with Crippen molar-refractivity contribution >= 4 is 16.6 Å². The molecule has 1 aromatic rings. The van der Waals surface area contributed by atoms with Gasteiger partial charge in [-0.05, 0) is 25.1 Å². The van der Waals surface area contributed by atoms with Gasteiger partial charge in [0.1, 0.15) is 0 Å². The van der Waals surface area contributed by atoms with Crippen LogP contribution >= 0.6 is 0 Å². The number of carbonyl (C=O) groups excluding carboxylic acids is 1. The van der Waals surface area contributed by atoms with E-state index < -0.39 is 10.8 Å². The van der Waals surface area contributed by atoms with Crippen LogP contribution in [0, 0.1) is 0 Å². The zero-order valence-electron chi connectivity index (χ0n) is 7.97. The van der Waals surface area contributed by atoms with Crippen LogP contribution in [0.25, 0.3) is 0 Å². The van der Waals surface area contributed by atoms with E-state index in [2.05, 4.69) is 0 Å². The second-order valence-electron chi connectivity index (χ2n) is 2.77. The molecule has 0 saturated carbocycles.